The van der Waals surface area contributed by atoms with E-state index in [1.165, 1.54) is 24.3 Å². The van der Waals surface area contributed by atoms with Gasteiger partial charge in [0.25, 0.3) is 5.91 Å². The zero-order chi connectivity index (χ0) is 23.8. The van der Waals surface area contributed by atoms with Gasteiger partial charge in [-0.05, 0) is 55.6 Å². The molecule has 0 unspecified atom stereocenters. The topological polar surface area (TPSA) is 76.8 Å². The predicted octanol–water partition coefficient (Wildman–Crippen LogP) is 4.86. The van der Waals surface area contributed by atoms with Crippen LogP contribution in [0.3, 0.4) is 0 Å². The summed E-state index contributed by atoms with van der Waals surface area (Å²) < 4.78 is 3.22. The molecule has 0 bridgehead atoms. The SMILES string of the molecule is CSc1cnc(C[C@H]2CC[C@H](Cc3nc4ccc(C(=O)N5CCn6cncc6C5)cc4s3)C2)nc1. The van der Waals surface area contributed by atoms with E-state index in [1.54, 1.807) is 23.1 Å². The quantitative estimate of drug-likeness (QED) is 0.349. The van der Waals surface area contributed by atoms with Crippen LogP contribution in [0.5, 0.6) is 0 Å². The van der Waals surface area contributed by atoms with E-state index in [-0.39, 0.29) is 5.91 Å². The molecule has 3 aromatic heterocycles. The van der Waals surface area contributed by atoms with E-state index in [2.05, 4.69) is 19.5 Å². The minimum Gasteiger partial charge on any atom is -0.331 e. The number of thioether (sulfide) groups is 1. The van der Waals surface area contributed by atoms with Gasteiger partial charge in [-0.3, -0.25) is 4.79 Å². The smallest absolute Gasteiger partial charge is 0.254 e. The Balaban J connectivity index is 1.09. The predicted molar refractivity (Wildman–Crippen MR) is 139 cm³/mol. The molecule has 180 valence electrons. The van der Waals surface area contributed by atoms with Crippen LogP contribution in [0.4, 0.5) is 0 Å². The van der Waals surface area contributed by atoms with Gasteiger partial charge in [-0.1, -0.05) is 0 Å². The molecule has 35 heavy (non-hydrogen) atoms. The van der Waals surface area contributed by atoms with E-state index in [9.17, 15) is 4.79 Å². The molecule has 7 nitrogen and oxygen atoms in total. The Morgan fingerprint density at radius 3 is 2.77 bits per heavy atom. The van der Waals surface area contributed by atoms with Crippen molar-refractivity contribution in [1.29, 1.82) is 0 Å². The number of hydrogen-bond donors (Lipinski definition) is 0. The van der Waals surface area contributed by atoms with Crippen molar-refractivity contribution < 1.29 is 4.79 Å². The summed E-state index contributed by atoms with van der Waals surface area (Å²) in [5, 5.41) is 1.18. The molecule has 4 aromatic rings. The van der Waals surface area contributed by atoms with E-state index in [4.69, 9.17) is 4.98 Å². The fourth-order valence-electron chi connectivity index (χ4n) is 5.34. The van der Waals surface area contributed by atoms with Gasteiger partial charge in [-0.15, -0.1) is 23.1 Å². The number of nitrogens with zero attached hydrogens (tertiary/aromatic N) is 6. The molecule has 1 aromatic carbocycles. The number of thiazole rings is 1. The lowest BCUT2D eigenvalue weighted by Crippen LogP contribution is -2.37. The van der Waals surface area contributed by atoms with Gasteiger partial charge in [0, 0.05) is 55.0 Å². The molecule has 1 aliphatic heterocycles. The molecule has 0 saturated heterocycles. The zero-order valence-corrected chi connectivity index (χ0v) is 21.4. The number of carbonyl (C=O) groups excluding carboxylic acids is 1. The number of carbonyl (C=O) groups is 1. The molecule has 1 amide bonds. The maximum absolute atomic E-state index is 13.2. The summed E-state index contributed by atoms with van der Waals surface area (Å²) in [7, 11) is 0. The van der Waals surface area contributed by atoms with E-state index in [0.29, 0.717) is 24.9 Å². The van der Waals surface area contributed by atoms with Crippen LogP contribution in [-0.2, 0) is 25.9 Å². The van der Waals surface area contributed by atoms with Gasteiger partial charge in [0.2, 0.25) is 0 Å². The summed E-state index contributed by atoms with van der Waals surface area (Å²) in [6.45, 7) is 2.12. The van der Waals surface area contributed by atoms with Crippen molar-refractivity contribution in [2.45, 2.75) is 50.1 Å². The normalized spacial score (nSPS) is 19.9. The molecule has 1 aliphatic carbocycles. The van der Waals surface area contributed by atoms with E-state index in [0.717, 1.165) is 51.6 Å². The van der Waals surface area contributed by atoms with Crippen LogP contribution < -0.4 is 0 Å². The fourth-order valence-corrected chi connectivity index (χ4v) is 6.78. The number of fused-ring (bicyclic) bond motifs is 2. The molecule has 1 fully saturated rings. The number of aromatic nitrogens is 5. The first-order valence-corrected chi connectivity index (χ1v) is 14.2. The highest BCUT2D eigenvalue weighted by atomic mass is 32.2. The molecule has 0 spiro atoms. The van der Waals surface area contributed by atoms with Gasteiger partial charge in [0.15, 0.2) is 0 Å². The Morgan fingerprint density at radius 1 is 1.11 bits per heavy atom. The molecule has 2 atom stereocenters. The minimum absolute atomic E-state index is 0.0840. The van der Waals surface area contributed by atoms with Crippen LogP contribution in [0.1, 0.15) is 46.1 Å². The molecule has 0 N–H and O–H groups in total. The van der Waals surface area contributed by atoms with Crippen molar-refractivity contribution in [3.05, 3.63) is 65.2 Å². The summed E-state index contributed by atoms with van der Waals surface area (Å²) in [6.07, 6.45) is 15.3. The fraction of sp³-hybridized carbons (Fsp3) is 0.423. The molecule has 4 heterocycles. The Morgan fingerprint density at radius 2 is 1.94 bits per heavy atom. The van der Waals surface area contributed by atoms with Crippen LogP contribution in [0.2, 0.25) is 0 Å². The number of benzene rings is 1. The number of amides is 1. The van der Waals surface area contributed by atoms with Crippen LogP contribution in [0.15, 0.2) is 48.0 Å². The lowest BCUT2D eigenvalue weighted by Gasteiger charge is -2.28. The van der Waals surface area contributed by atoms with Gasteiger partial charge in [-0.25, -0.2) is 19.9 Å². The van der Waals surface area contributed by atoms with Crippen LogP contribution >= 0.6 is 23.1 Å². The largest absolute Gasteiger partial charge is 0.331 e. The maximum atomic E-state index is 13.2. The first-order chi connectivity index (χ1) is 17.1. The zero-order valence-electron chi connectivity index (χ0n) is 19.8. The Bertz CT molecular complexity index is 1350. The average molecular weight is 505 g/mol. The third-order valence-electron chi connectivity index (χ3n) is 7.23. The van der Waals surface area contributed by atoms with Gasteiger partial charge in [0.05, 0.1) is 33.8 Å². The molecule has 1 saturated carbocycles. The Labute approximate surface area is 213 Å². The molecular formula is C26H28N6OS2. The van der Waals surface area contributed by atoms with Gasteiger partial charge in [-0.2, -0.15) is 0 Å². The molecule has 0 radical (unpaired) electrons. The second-order valence-electron chi connectivity index (χ2n) is 9.59. The third-order valence-corrected chi connectivity index (χ3v) is 8.95. The first-order valence-electron chi connectivity index (χ1n) is 12.2. The van der Waals surface area contributed by atoms with Crippen LogP contribution in [0.25, 0.3) is 10.2 Å². The first kappa shape index (κ1) is 22.7. The van der Waals surface area contributed by atoms with Crippen molar-refractivity contribution in [1.82, 2.24) is 29.4 Å². The number of hydrogen-bond acceptors (Lipinski definition) is 7. The average Bonchev–Trinajstić information content (AvgIpc) is 3.62. The van der Waals surface area contributed by atoms with E-state index in [1.807, 2.05) is 54.3 Å². The molecule has 2 aliphatic rings. The molecular weight excluding hydrogens is 476 g/mol. The lowest BCUT2D eigenvalue weighted by molar-refractivity contribution is 0.0711. The van der Waals surface area contributed by atoms with Gasteiger partial charge < -0.3 is 9.47 Å². The lowest BCUT2D eigenvalue weighted by atomic mass is 9.99. The minimum atomic E-state index is 0.0840. The van der Waals surface area contributed by atoms with E-state index >= 15 is 0 Å². The molecule has 6 rings (SSSR count). The summed E-state index contributed by atoms with van der Waals surface area (Å²) >= 11 is 3.41. The van der Waals surface area contributed by atoms with Crippen molar-refractivity contribution in [2.24, 2.45) is 11.8 Å². The van der Waals surface area contributed by atoms with Crippen LogP contribution in [0, 0.1) is 11.8 Å². The third kappa shape index (κ3) is 4.84. The number of imidazole rings is 1. The Kier molecular flexibility index (Phi) is 6.28. The highest BCUT2D eigenvalue weighted by Gasteiger charge is 2.27. The standard InChI is InChI=1S/C26H28N6OS2/c1-34-21-13-28-24(29-14-21)9-17-2-3-18(8-17)10-25-30-22-5-4-19(11-23(22)35-25)26(33)31-6-7-32-16-27-12-20(32)15-31/h4-5,11-14,16-18H,2-3,6-10,15H2,1H3/t17-,18-/m0/s1. The van der Waals surface area contributed by atoms with Crippen molar-refractivity contribution in [3.63, 3.8) is 0 Å². The van der Waals surface area contributed by atoms with Gasteiger partial charge in [0.1, 0.15) is 5.82 Å². The van der Waals surface area contributed by atoms with Crippen molar-refractivity contribution in [2.75, 3.05) is 12.8 Å². The van der Waals surface area contributed by atoms with Gasteiger partial charge >= 0.3 is 0 Å². The highest BCUT2D eigenvalue weighted by molar-refractivity contribution is 7.98. The number of rotatable bonds is 6. The Hall–Kier alpha value is -2.78. The molecule has 9 heteroatoms. The van der Waals surface area contributed by atoms with Crippen molar-refractivity contribution >= 4 is 39.2 Å². The van der Waals surface area contributed by atoms with Crippen molar-refractivity contribution in [3.8, 4) is 0 Å². The second kappa shape index (κ2) is 9.70. The highest BCUT2D eigenvalue weighted by Crippen LogP contribution is 2.36. The second-order valence-corrected chi connectivity index (χ2v) is 11.6. The summed E-state index contributed by atoms with van der Waals surface area (Å²) in [5.74, 6) is 2.36. The summed E-state index contributed by atoms with van der Waals surface area (Å²) in [6, 6.07) is 5.95. The summed E-state index contributed by atoms with van der Waals surface area (Å²) in [5.41, 5.74) is 2.83. The van der Waals surface area contributed by atoms with E-state index < -0.39 is 0 Å². The van der Waals surface area contributed by atoms with Crippen LogP contribution in [-0.4, -0.2) is 48.1 Å². The maximum Gasteiger partial charge on any atom is 0.254 e. The summed E-state index contributed by atoms with van der Waals surface area (Å²) in [4.78, 5) is 34.3. The monoisotopic (exact) mass is 504 g/mol.